The Labute approximate surface area is 385 Å². The summed E-state index contributed by atoms with van der Waals surface area (Å²) in [6.07, 6.45) is 0. The van der Waals surface area contributed by atoms with Crippen LogP contribution in [0.4, 0.5) is 34.1 Å². The lowest BCUT2D eigenvalue weighted by Crippen LogP contribution is -2.32. The Morgan fingerprint density at radius 1 is 0.556 bits per heavy atom. The third kappa shape index (κ3) is 12.9. The fourth-order valence-electron chi connectivity index (χ4n) is 5.57. The highest BCUT2D eigenvalue weighted by molar-refractivity contribution is 6.35. The van der Waals surface area contributed by atoms with Crippen LogP contribution in [0, 0.1) is 0 Å². The number of hydrogen-bond acceptors (Lipinski definition) is 11. The molecule has 4 N–H and O–H groups in total. The summed E-state index contributed by atoms with van der Waals surface area (Å²) in [6, 6.07) is 22.8. The van der Waals surface area contributed by atoms with Gasteiger partial charge in [0.2, 0.25) is 12.1 Å². The largest absolute Gasteiger partial charge is 0.476 e. The van der Waals surface area contributed by atoms with Gasteiger partial charge in [-0.3, -0.25) is 28.8 Å². The Bertz CT molecular complexity index is 2630. The van der Waals surface area contributed by atoms with Crippen molar-refractivity contribution in [1.82, 2.24) is 0 Å². The molecule has 0 saturated carbocycles. The first-order valence-corrected chi connectivity index (χ1v) is 20.9. The second-order valence-corrected chi connectivity index (χ2v) is 14.8. The molecular weight excluding hydrogens is 918 g/mol. The van der Waals surface area contributed by atoms with Gasteiger partial charge in [0.15, 0.2) is 17.6 Å². The van der Waals surface area contributed by atoms with Crippen molar-refractivity contribution in [3.63, 3.8) is 0 Å². The van der Waals surface area contributed by atoms with Gasteiger partial charge in [0, 0.05) is 34.9 Å². The molecule has 2 unspecified atom stereocenters. The van der Waals surface area contributed by atoms with Crippen molar-refractivity contribution in [2.45, 2.75) is 37.7 Å². The number of azo groups is 2. The monoisotopic (exact) mass is 950 g/mol. The summed E-state index contributed by atoms with van der Waals surface area (Å²) in [6.45, 7) is 2.29. The number of halogens is 5. The van der Waals surface area contributed by atoms with Gasteiger partial charge in [-0.15, -0.1) is 23.2 Å². The molecule has 0 aliphatic heterocycles. The molecule has 63 heavy (non-hydrogen) atoms. The number of ketones is 2. The van der Waals surface area contributed by atoms with Gasteiger partial charge in [0.1, 0.15) is 5.75 Å². The number of anilines is 4. The van der Waals surface area contributed by atoms with Crippen LogP contribution in [0.2, 0.25) is 10.0 Å². The Hall–Kier alpha value is -6.23. The summed E-state index contributed by atoms with van der Waals surface area (Å²) < 4.78 is 5.48. The molecule has 5 aromatic rings. The van der Waals surface area contributed by atoms with E-state index in [4.69, 9.17) is 62.7 Å². The van der Waals surface area contributed by atoms with Gasteiger partial charge in [-0.2, -0.15) is 20.5 Å². The number of para-hydroxylation sites is 2. The molecule has 0 aromatic heterocycles. The fraction of sp³-hybridized carbons (Fsp3) is 0.163. The lowest BCUT2D eigenvalue weighted by molar-refractivity contribution is -0.127. The summed E-state index contributed by atoms with van der Waals surface area (Å²) in [7, 11) is 0. The van der Waals surface area contributed by atoms with Crippen molar-refractivity contribution in [3.05, 3.63) is 135 Å². The summed E-state index contributed by atoms with van der Waals surface area (Å²) in [5.41, 5.74) is 2.87. The van der Waals surface area contributed by atoms with Crippen LogP contribution in [-0.4, -0.2) is 53.3 Å². The number of hydrogen-bond donors (Lipinski definition) is 4. The van der Waals surface area contributed by atoms with Crippen molar-refractivity contribution < 1.29 is 33.5 Å². The number of amides is 4. The highest BCUT2D eigenvalue weighted by Crippen LogP contribution is 2.31. The highest BCUT2D eigenvalue weighted by atomic mass is 35.5. The highest BCUT2D eigenvalue weighted by Gasteiger charge is 2.27. The van der Waals surface area contributed by atoms with Gasteiger partial charge in [-0.25, -0.2) is 0 Å². The molecule has 5 aromatic carbocycles. The third-order valence-electron chi connectivity index (χ3n) is 8.77. The minimum Gasteiger partial charge on any atom is -0.476 e. The molecule has 0 saturated heterocycles. The molecule has 0 aliphatic rings. The first-order valence-electron chi connectivity index (χ1n) is 18.5. The number of alkyl halides is 3. The summed E-state index contributed by atoms with van der Waals surface area (Å²) in [4.78, 5) is 78.1. The van der Waals surface area contributed by atoms with Gasteiger partial charge in [-0.05, 0) is 85.6 Å². The van der Waals surface area contributed by atoms with E-state index >= 15 is 0 Å². The van der Waals surface area contributed by atoms with Gasteiger partial charge >= 0.3 is 0 Å². The molecule has 0 bridgehead atoms. The average molecular weight is 953 g/mol. The zero-order valence-corrected chi connectivity index (χ0v) is 36.9. The van der Waals surface area contributed by atoms with E-state index in [1.165, 1.54) is 54.6 Å². The Kier molecular flexibility index (Phi) is 17.3. The maximum Gasteiger partial charge on any atom is 0.258 e. The van der Waals surface area contributed by atoms with Gasteiger partial charge in [0.05, 0.1) is 38.2 Å². The lowest BCUT2D eigenvalue weighted by Gasteiger charge is -2.15. The van der Waals surface area contributed by atoms with Gasteiger partial charge < -0.3 is 26.0 Å². The number of carbonyl (C=O) groups is 6. The van der Waals surface area contributed by atoms with E-state index in [1.54, 1.807) is 48.5 Å². The lowest BCUT2D eigenvalue weighted by atomic mass is 10.1. The fourth-order valence-corrected chi connectivity index (χ4v) is 6.56. The van der Waals surface area contributed by atoms with Crippen molar-refractivity contribution in [2.24, 2.45) is 20.5 Å². The van der Waals surface area contributed by atoms with Crippen molar-refractivity contribution >= 4 is 127 Å². The van der Waals surface area contributed by atoms with Gasteiger partial charge in [-0.1, -0.05) is 71.2 Å². The summed E-state index contributed by atoms with van der Waals surface area (Å²) in [5, 5.41) is 26.8. The number of benzene rings is 5. The summed E-state index contributed by atoms with van der Waals surface area (Å²) >= 11 is 30.5. The number of Topliss-reactive ketones (excluding diaryl/α,β-unsaturated/α-hetero) is 2. The van der Waals surface area contributed by atoms with Crippen LogP contribution in [0.1, 0.15) is 45.7 Å². The van der Waals surface area contributed by atoms with Crippen LogP contribution in [0.25, 0.3) is 0 Å². The molecular formula is C43H35Cl5N8O7. The quantitative estimate of drug-likeness (QED) is 0.0379. The first kappa shape index (κ1) is 47.8. The molecule has 0 radical (unpaired) electrons. The molecule has 2 atom stereocenters. The number of carbonyl (C=O) groups excluding carboxylic acids is 6. The predicted molar refractivity (Wildman–Crippen MR) is 244 cm³/mol. The number of rotatable bonds is 18. The van der Waals surface area contributed by atoms with E-state index in [9.17, 15) is 28.8 Å². The molecule has 15 nitrogen and oxygen atoms in total. The minimum atomic E-state index is -1.64. The molecule has 20 heteroatoms. The SMILES string of the molecule is CC(=O)C(N=Nc1ccc(Cl)c(C(=O)Nc2ccccc2CCl)c1)C(=O)Nc1ccc(NC(=O)C(N=Nc2ccc(Cl)c(C(=O)Nc3ccccc3CCl)c2)C(C)=O)c(OCCl)c1. The van der Waals surface area contributed by atoms with Crippen molar-refractivity contribution in [3.8, 4) is 5.75 Å². The van der Waals surface area contributed by atoms with E-state index in [2.05, 4.69) is 41.7 Å². The third-order valence-corrected chi connectivity index (χ3v) is 10.1. The van der Waals surface area contributed by atoms with Crippen LogP contribution in [0.3, 0.4) is 0 Å². The Morgan fingerprint density at radius 2 is 1.02 bits per heavy atom. The zero-order chi connectivity index (χ0) is 45.6. The first-order chi connectivity index (χ1) is 30.2. The molecule has 4 amide bonds. The topological polar surface area (TPSA) is 209 Å². The smallest absolute Gasteiger partial charge is 0.258 e. The molecule has 0 fully saturated rings. The van der Waals surface area contributed by atoms with E-state index in [0.29, 0.717) is 22.5 Å². The Morgan fingerprint density at radius 3 is 1.46 bits per heavy atom. The second-order valence-electron chi connectivity index (χ2n) is 13.2. The maximum atomic E-state index is 13.4. The molecule has 0 aliphatic carbocycles. The predicted octanol–water partition coefficient (Wildman–Crippen LogP) is 10.9. The van der Waals surface area contributed by atoms with Gasteiger partial charge in [0.25, 0.3) is 23.6 Å². The molecule has 324 valence electrons. The number of ether oxygens (including phenoxy) is 1. The van der Waals surface area contributed by atoms with Crippen LogP contribution >= 0.6 is 58.0 Å². The van der Waals surface area contributed by atoms with E-state index in [-0.39, 0.29) is 67.5 Å². The van der Waals surface area contributed by atoms with Crippen LogP contribution in [0.5, 0.6) is 5.75 Å². The van der Waals surface area contributed by atoms with E-state index in [1.807, 2.05) is 0 Å². The van der Waals surface area contributed by atoms with E-state index < -0.39 is 47.3 Å². The Balaban J connectivity index is 1.27. The normalized spacial score (nSPS) is 12.0. The number of nitrogens with one attached hydrogen (secondary N) is 4. The standard InChI is InChI=1S/C43H35Cl5N8O7/c1-23(57)38(55-53-28-11-14-32(47)30(17-28)40(59)50-34-9-5-3-7-25(34)20-44)42(61)49-27-13-16-36(37(19-27)63-22-46)52-43(62)39(24(2)58)56-54-29-12-15-33(48)31(18-29)41(60)51-35-10-6-4-8-26(35)21-45/h3-19,38-39H,20-22H2,1-2H3,(H,49,61)(H,50,59)(H,51,60)(H,52,62). The van der Waals surface area contributed by atoms with Crippen LogP contribution in [-0.2, 0) is 30.9 Å². The average Bonchev–Trinajstić information content (AvgIpc) is 3.25. The molecule has 0 heterocycles. The van der Waals surface area contributed by atoms with Crippen LogP contribution < -0.4 is 26.0 Å². The maximum absolute atomic E-state index is 13.4. The van der Waals surface area contributed by atoms with Crippen LogP contribution in [0.15, 0.2) is 124 Å². The van der Waals surface area contributed by atoms with E-state index in [0.717, 1.165) is 13.8 Å². The molecule has 5 rings (SSSR count). The number of nitrogens with zero attached hydrogens (tertiary/aromatic N) is 4. The second kappa shape index (κ2) is 22.7. The van der Waals surface area contributed by atoms with Crippen molar-refractivity contribution in [1.29, 1.82) is 0 Å². The minimum absolute atomic E-state index is 0.0267. The molecule has 0 spiro atoms. The summed E-state index contributed by atoms with van der Waals surface area (Å²) in [5.74, 6) is -3.89. The zero-order valence-electron chi connectivity index (χ0n) is 33.1. The van der Waals surface area contributed by atoms with Crippen molar-refractivity contribution in [2.75, 3.05) is 27.3 Å².